The number of hydrogen-bond donors (Lipinski definition) is 1. The number of hydrogen-bond acceptors (Lipinski definition) is 2. The van der Waals surface area contributed by atoms with E-state index < -0.39 is 24.8 Å². The van der Waals surface area contributed by atoms with Crippen LogP contribution in [0.15, 0.2) is 24.3 Å². The van der Waals surface area contributed by atoms with Gasteiger partial charge >= 0.3 is 5.97 Å². The fraction of sp³-hybridized carbons (Fsp3) is 0.333. The second-order valence-corrected chi connectivity index (χ2v) is 3.80. The first kappa shape index (κ1) is 14.1. The van der Waals surface area contributed by atoms with Gasteiger partial charge in [0.25, 0.3) is 6.43 Å². The maximum absolute atomic E-state index is 12.1. The van der Waals surface area contributed by atoms with E-state index in [1.165, 1.54) is 19.2 Å². The van der Waals surface area contributed by atoms with Crippen LogP contribution in [0.2, 0.25) is 0 Å². The van der Waals surface area contributed by atoms with Crippen LogP contribution >= 0.6 is 0 Å². The van der Waals surface area contributed by atoms with Gasteiger partial charge in [-0.1, -0.05) is 18.2 Å². The number of likely N-dealkylation sites (N-methyl/N-ethyl adjacent to an activating group) is 1. The lowest BCUT2D eigenvalue weighted by molar-refractivity contribution is -0.130. The first-order valence-electron chi connectivity index (χ1n) is 5.25. The average molecular weight is 257 g/mol. The topological polar surface area (TPSA) is 57.6 Å². The number of halogens is 2. The van der Waals surface area contributed by atoms with Crippen molar-refractivity contribution in [2.75, 3.05) is 13.6 Å². The Balaban J connectivity index is 2.79. The highest BCUT2D eigenvalue weighted by Gasteiger charge is 2.17. The summed E-state index contributed by atoms with van der Waals surface area (Å²) in [5.41, 5.74) is 0.326. The number of carboxylic acid groups (broad SMARTS) is 1. The van der Waals surface area contributed by atoms with E-state index in [-0.39, 0.29) is 12.0 Å². The summed E-state index contributed by atoms with van der Waals surface area (Å²) in [6.45, 7) is -0.659. The summed E-state index contributed by atoms with van der Waals surface area (Å²) < 4.78 is 24.2. The minimum absolute atomic E-state index is 0.0105. The molecule has 4 nitrogen and oxygen atoms in total. The number of alkyl halides is 2. The molecule has 0 aliphatic heterocycles. The minimum Gasteiger partial charge on any atom is -0.478 e. The van der Waals surface area contributed by atoms with E-state index in [0.717, 1.165) is 4.90 Å². The van der Waals surface area contributed by atoms with Gasteiger partial charge in [0.1, 0.15) is 0 Å². The summed E-state index contributed by atoms with van der Waals surface area (Å²) in [5.74, 6) is -1.68. The molecule has 0 fully saturated rings. The Labute approximate surface area is 103 Å². The zero-order chi connectivity index (χ0) is 13.7. The number of carbonyl (C=O) groups excluding carboxylic acids is 1. The number of carboxylic acids is 1. The minimum atomic E-state index is -2.60. The predicted octanol–water partition coefficient (Wildman–Crippen LogP) is 1.65. The quantitative estimate of drug-likeness (QED) is 0.872. The normalized spacial score (nSPS) is 10.4. The summed E-state index contributed by atoms with van der Waals surface area (Å²) in [4.78, 5) is 23.4. The Hall–Kier alpha value is -1.98. The smallest absolute Gasteiger partial charge is 0.335 e. The highest BCUT2D eigenvalue weighted by Crippen LogP contribution is 2.11. The largest absolute Gasteiger partial charge is 0.478 e. The van der Waals surface area contributed by atoms with Crippen LogP contribution in [0.5, 0.6) is 0 Å². The van der Waals surface area contributed by atoms with Crippen molar-refractivity contribution in [3.8, 4) is 0 Å². The summed E-state index contributed by atoms with van der Waals surface area (Å²) in [7, 11) is 1.26. The van der Waals surface area contributed by atoms with Crippen LogP contribution in [0, 0.1) is 0 Å². The molecule has 1 N–H and O–H groups in total. The van der Waals surface area contributed by atoms with E-state index in [2.05, 4.69) is 0 Å². The molecule has 0 atom stereocenters. The van der Waals surface area contributed by atoms with Crippen molar-refractivity contribution in [3.63, 3.8) is 0 Å². The van der Waals surface area contributed by atoms with Crippen LogP contribution in [0.3, 0.4) is 0 Å². The first-order chi connectivity index (χ1) is 8.41. The third kappa shape index (κ3) is 3.80. The number of aromatic carboxylic acids is 1. The zero-order valence-electron chi connectivity index (χ0n) is 9.77. The van der Waals surface area contributed by atoms with E-state index in [9.17, 15) is 18.4 Å². The van der Waals surface area contributed by atoms with Crippen LogP contribution < -0.4 is 0 Å². The van der Waals surface area contributed by atoms with Crippen molar-refractivity contribution in [2.45, 2.75) is 12.8 Å². The van der Waals surface area contributed by atoms with Gasteiger partial charge in [0.2, 0.25) is 5.91 Å². The molecule has 98 valence electrons. The Bertz CT molecular complexity index is 449. The Kier molecular flexibility index (Phi) is 4.76. The molecule has 0 heterocycles. The van der Waals surface area contributed by atoms with Gasteiger partial charge in [0, 0.05) is 7.05 Å². The van der Waals surface area contributed by atoms with Crippen molar-refractivity contribution in [2.24, 2.45) is 0 Å². The van der Waals surface area contributed by atoms with Crippen LogP contribution in [0.4, 0.5) is 8.78 Å². The molecule has 6 heteroatoms. The van der Waals surface area contributed by atoms with E-state index in [0.29, 0.717) is 5.56 Å². The summed E-state index contributed by atoms with van der Waals surface area (Å²) >= 11 is 0. The summed E-state index contributed by atoms with van der Waals surface area (Å²) in [6, 6.07) is 6.01. The van der Waals surface area contributed by atoms with Crippen LogP contribution in [-0.4, -0.2) is 41.9 Å². The van der Waals surface area contributed by atoms with Crippen molar-refractivity contribution in [1.29, 1.82) is 0 Å². The molecule has 1 aromatic rings. The summed E-state index contributed by atoms with van der Waals surface area (Å²) in [5, 5.41) is 8.92. The number of carbonyl (C=O) groups is 2. The van der Waals surface area contributed by atoms with E-state index >= 15 is 0 Å². The van der Waals surface area contributed by atoms with Crippen molar-refractivity contribution in [1.82, 2.24) is 4.90 Å². The van der Waals surface area contributed by atoms with Gasteiger partial charge < -0.3 is 10.0 Å². The van der Waals surface area contributed by atoms with Gasteiger partial charge in [-0.3, -0.25) is 4.79 Å². The summed E-state index contributed by atoms with van der Waals surface area (Å²) in [6.07, 6.45) is -2.81. The molecule has 0 bridgehead atoms. The van der Waals surface area contributed by atoms with E-state index in [4.69, 9.17) is 5.11 Å². The SMILES string of the molecule is CN(CC(F)F)C(=O)Cc1ccccc1C(=O)O. The van der Waals surface area contributed by atoms with E-state index in [1.54, 1.807) is 12.1 Å². The van der Waals surface area contributed by atoms with Crippen molar-refractivity contribution >= 4 is 11.9 Å². The molecule has 0 radical (unpaired) electrons. The van der Waals surface area contributed by atoms with Gasteiger partial charge in [-0.15, -0.1) is 0 Å². The van der Waals surface area contributed by atoms with E-state index in [1.807, 2.05) is 0 Å². The molecule has 0 unspecified atom stereocenters. The second-order valence-electron chi connectivity index (χ2n) is 3.80. The van der Waals surface area contributed by atoms with Crippen LogP contribution in [0.1, 0.15) is 15.9 Å². The fourth-order valence-corrected chi connectivity index (χ4v) is 1.49. The Morgan fingerprint density at radius 2 is 1.94 bits per heavy atom. The number of amides is 1. The third-order valence-electron chi connectivity index (χ3n) is 2.43. The zero-order valence-corrected chi connectivity index (χ0v) is 9.77. The highest BCUT2D eigenvalue weighted by atomic mass is 19.3. The first-order valence-corrected chi connectivity index (χ1v) is 5.25. The maximum atomic E-state index is 12.1. The maximum Gasteiger partial charge on any atom is 0.335 e. The van der Waals surface area contributed by atoms with Crippen molar-refractivity contribution < 1.29 is 23.5 Å². The molecule has 0 aromatic heterocycles. The van der Waals surface area contributed by atoms with Gasteiger partial charge in [-0.2, -0.15) is 0 Å². The lowest BCUT2D eigenvalue weighted by Crippen LogP contribution is -2.32. The lowest BCUT2D eigenvalue weighted by Gasteiger charge is -2.17. The number of benzene rings is 1. The third-order valence-corrected chi connectivity index (χ3v) is 2.43. The molecule has 0 saturated carbocycles. The van der Waals surface area contributed by atoms with Crippen LogP contribution in [0.25, 0.3) is 0 Å². The molecular weight excluding hydrogens is 244 g/mol. The molecule has 18 heavy (non-hydrogen) atoms. The van der Waals surface area contributed by atoms with Crippen molar-refractivity contribution in [3.05, 3.63) is 35.4 Å². The number of rotatable bonds is 5. The Morgan fingerprint density at radius 3 is 2.50 bits per heavy atom. The molecule has 1 amide bonds. The second kappa shape index (κ2) is 6.09. The molecule has 0 spiro atoms. The molecule has 1 aromatic carbocycles. The van der Waals surface area contributed by atoms with Crippen LogP contribution in [-0.2, 0) is 11.2 Å². The van der Waals surface area contributed by atoms with Gasteiger partial charge in [0.15, 0.2) is 0 Å². The standard InChI is InChI=1S/C12H13F2NO3/c1-15(7-10(13)14)11(16)6-8-4-2-3-5-9(8)12(17)18/h2-5,10H,6-7H2,1H3,(H,17,18). The van der Waals surface area contributed by atoms with Gasteiger partial charge in [-0.05, 0) is 11.6 Å². The number of nitrogens with zero attached hydrogens (tertiary/aromatic N) is 1. The average Bonchev–Trinajstić information content (AvgIpc) is 2.28. The van der Waals surface area contributed by atoms with Gasteiger partial charge in [-0.25, -0.2) is 13.6 Å². The Morgan fingerprint density at radius 1 is 1.33 bits per heavy atom. The molecule has 1 rings (SSSR count). The molecular formula is C12H13F2NO3. The highest BCUT2D eigenvalue weighted by molar-refractivity contribution is 5.91. The fourth-order valence-electron chi connectivity index (χ4n) is 1.49. The molecule has 0 aliphatic rings. The molecule has 0 saturated heterocycles. The van der Waals surface area contributed by atoms with Gasteiger partial charge in [0.05, 0.1) is 18.5 Å². The monoisotopic (exact) mass is 257 g/mol. The lowest BCUT2D eigenvalue weighted by atomic mass is 10.0. The molecule has 0 aliphatic carbocycles. The predicted molar refractivity (Wildman–Crippen MR) is 60.7 cm³/mol.